The molecule has 0 amide bonds. The van der Waals surface area contributed by atoms with Crippen molar-refractivity contribution >= 4 is 33.1 Å². The summed E-state index contributed by atoms with van der Waals surface area (Å²) in [6, 6.07) is 3.48. The van der Waals surface area contributed by atoms with Gasteiger partial charge in [-0.25, -0.2) is 8.42 Å². The number of hydrogen-bond acceptors (Lipinski definition) is 5. The van der Waals surface area contributed by atoms with E-state index in [1.54, 1.807) is 16.4 Å². The molecule has 0 aromatic carbocycles. The number of thiophene rings is 1. The molecule has 1 aromatic rings. The van der Waals surface area contributed by atoms with Gasteiger partial charge in [-0.05, 0) is 24.3 Å². The van der Waals surface area contributed by atoms with Crippen LogP contribution in [0.15, 0.2) is 21.7 Å². The first-order chi connectivity index (χ1) is 9.12. The second-order valence-corrected chi connectivity index (χ2v) is 9.59. The Balaban J connectivity index is 1.82. The minimum absolute atomic E-state index is 0.0703. The van der Waals surface area contributed by atoms with Gasteiger partial charge in [0.1, 0.15) is 4.21 Å². The lowest BCUT2D eigenvalue weighted by atomic mass is 9.99. The third-order valence-corrected chi connectivity index (χ3v) is 8.46. The molecule has 2 aliphatic heterocycles. The number of ether oxygens (including phenoxy) is 1. The molecule has 19 heavy (non-hydrogen) atoms. The van der Waals surface area contributed by atoms with Crippen LogP contribution in [0.4, 0.5) is 0 Å². The van der Waals surface area contributed by atoms with Gasteiger partial charge in [0.2, 0.25) is 0 Å². The molecule has 3 heterocycles. The van der Waals surface area contributed by atoms with Gasteiger partial charge in [0.15, 0.2) is 0 Å². The highest BCUT2D eigenvalue weighted by atomic mass is 32.2. The van der Waals surface area contributed by atoms with Crippen molar-refractivity contribution < 1.29 is 13.2 Å². The maximum Gasteiger partial charge on any atom is 0.252 e. The molecule has 0 aliphatic carbocycles. The van der Waals surface area contributed by atoms with Crippen molar-refractivity contribution in [2.24, 2.45) is 0 Å². The first kappa shape index (κ1) is 13.9. The van der Waals surface area contributed by atoms with Gasteiger partial charge in [0.25, 0.3) is 10.0 Å². The summed E-state index contributed by atoms with van der Waals surface area (Å²) in [5.41, 5.74) is 0. The molecular weight excluding hydrogens is 302 g/mol. The van der Waals surface area contributed by atoms with Crippen LogP contribution in [0, 0.1) is 0 Å². The Hall–Kier alpha value is -0.0800. The largest absolute Gasteiger partial charge is 0.381 e. The lowest BCUT2D eigenvalue weighted by Crippen LogP contribution is -2.51. The lowest BCUT2D eigenvalue weighted by molar-refractivity contribution is 0.0711. The van der Waals surface area contributed by atoms with E-state index in [1.165, 1.54) is 11.3 Å². The Morgan fingerprint density at radius 3 is 2.79 bits per heavy atom. The van der Waals surface area contributed by atoms with E-state index in [9.17, 15) is 8.42 Å². The molecule has 0 saturated carbocycles. The Bertz CT molecular complexity index is 515. The van der Waals surface area contributed by atoms with Gasteiger partial charge < -0.3 is 4.74 Å². The molecule has 106 valence electrons. The van der Waals surface area contributed by atoms with Gasteiger partial charge in [-0.2, -0.15) is 16.1 Å². The van der Waals surface area contributed by atoms with Crippen LogP contribution in [0.2, 0.25) is 0 Å². The summed E-state index contributed by atoms with van der Waals surface area (Å²) in [6.45, 7) is 2.74. The van der Waals surface area contributed by atoms with Gasteiger partial charge in [0, 0.05) is 36.8 Å². The predicted molar refractivity (Wildman–Crippen MR) is 78.3 cm³/mol. The van der Waals surface area contributed by atoms with E-state index >= 15 is 0 Å². The van der Waals surface area contributed by atoms with Crippen molar-refractivity contribution in [2.45, 2.75) is 21.8 Å². The maximum absolute atomic E-state index is 12.6. The summed E-state index contributed by atoms with van der Waals surface area (Å²) in [5.74, 6) is 0.880. The molecule has 2 fully saturated rings. The topological polar surface area (TPSA) is 46.6 Å². The normalized spacial score (nSPS) is 24.6. The summed E-state index contributed by atoms with van der Waals surface area (Å²) >= 11 is 3.22. The van der Waals surface area contributed by atoms with E-state index in [4.69, 9.17) is 4.74 Å². The summed E-state index contributed by atoms with van der Waals surface area (Å²) in [7, 11) is -3.30. The number of hydrogen-bond donors (Lipinski definition) is 0. The van der Waals surface area contributed by atoms with Crippen molar-refractivity contribution in [1.29, 1.82) is 0 Å². The summed E-state index contributed by atoms with van der Waals surface area (Å²) in [6.07, 6.45) is 1.91. The van der Waals surface area contributed by atoms with Crippen molar-refractivity contribution in [3.05, 3.63) is 17.5 Å². The van der Waals surface area contributed by atoms with Crippen LogP contribution in [0.3, 0.4) is 0 Å². The number of nitrogens with zero attached hydrogens (tertiary/aromatic N) is 1. The van der Waals surface area contributed by atoms with Gasteiger partial charge in [-0.1, -0.05) is 6.07 Å². The van der Waals surface area contributed by atoms with Crippen molar-refractivity contribution in [3.63, 3.8) is 0 Å². The minimum atomic E-state index is -3.30. The second kappa shape index (κ2) is 5.37. The molecule has 3 rings (SSSR count). The van der Waals surface area contributed by atoms with E-state index in [-0.39, 0.29) is 4.75 Å². The molecule has 0 radical (unpaired) electrons. The Labute approximate surface area is 122 Å². The van der Waals surface area contributed by atoms with Crippen molar-refractivity contribution in [3.8, 4) is 0 Å². The molecular formula is C12H17NO3S3. The highest BCUT2D eigenvalue weighted by molar-refractivity contribution is 8.01. The van der Waals surface area contributed by atoms with Crippen LogP contribution in [-0.4, -0.2) is 49.5 Å². The van der Waals surface area contributed by atoms with Gasteiger partial charge in [0.05, 0.1) is 0 Å². The highest BCUT2D eigenvalue weighted by Gasteiger charge is 2.41. The average molecular weight is 319 g/mol. The molecule has 0 unspecified atom stereocenters. The average Bonchev–Trinajstić information content (AvgIpc) is 2.94. The van der Waals surface area contributed by atoms with Crippen LogP contribution < -0.4 is 0 Å². The fourth-order valence-electron chi connectivity index (χ4n) is 2.60. The first-order valence-electron chi connectivity index (χ1n) is 6.38. The van der Waals surface area contributed by atoms with Crippen LogP contribution in [0.5, 0.6) is 0 Å². The van der Waals surface area contributed by atoms with Gasteiger partial charge in [-0.3, -0.25) is 0 Å². The molecule has 0 N–H and O–H groups in total. The molecule has 0 bridgehead atoms. The van der Waals surface area contributed by atoms with Crippen LogP contribution in [0.1, 0.15) is 12.8 Å². The second-order valence-electron chi connectivity index (χ2n) is 4.91. The SMILES string of the molecule is O=S(=O)(c1cccs1)N1CCSC2(CCOCC2)C1. The quantitative estimate of drug-likeness (QED) is 0.837. The zero-order valence-corrected chi connectivity index (χ0v) is 13.0. The van der Waals surface area contributed by atoms with E-state index in [0.29, 0.717) is 17.3 Å². The zero-order valence-electron chi connectivity index (χ0n) is 10.6. The third-order valence-electron chi connectivity index (χ3n) is 3.71. The number of rotatable bonds is 2. The lowest BCUT2D eigenvalue weighted by Gasteiger charge is -2.43. The number of thioether (sulfide) groups is 1. The summed E-state index contributed by atoms with van der Waals surface area (Å²) in [5, 5.41) is 1.82. The smallest absolute Gasteiger partial charge is 0.252 e. The summed E-state index contributed by atoms with van der Waals surface area (Å²) in [4.78, 5) is 0. The van der Waals surface area contributed by atoms with E-state index in [2.05, 4.69) is 0 Å². The highest BCUT2D eigenvalue weighted by Crippen LogP contribution is 2.40. The van der Waals surface area contributed by atoms with Crippen LogP contribution in [0.25, 0.3) is 0 Å². The fourth-order valence-corrected chi connectivity index (χ4v) is 6.91. The number of sulfonamides is 1. The zero-order chi connectivity index (χ0) is 13.3. The predicted octanol–water partition coefficient (Wildman–Crippen LogP) is 2.03. The van der Waals surface area contributed by atoms with Crippen molar-refractivity contribution in [1.82, 2.24) is 4.31 Å². The van der Waals surface area contributed by atoms with Crippen molar-refractivity contribution in [2.75, 3.05) is 32.1 Å². The van der Waals surface area contributed by atoms with E-state index in [0.717, 1.165) is 31.8 Å². The Morgan fingerprint density at radius 2 is 2.11 bits per heavy atom. The Morgan fingerprint density at radius 1 is 1.32 bits per heavy atom. The van der Waals surface area contributed by atoms with Crippen LogP contribution >= 0.6 is 23.1 Å². The standard InChI is InChI=1S/C12H17NO3S3/c14-19(15,11-2-1-8-17-11)13-5-9-18-12(10-13)3-6-16-7-4-12/h1-2,8H,3-7,9-10H2. The maximum atomic E-state index is 12.6. The summed E-state index contributed by atoms with van der Waals surface area (Å²) < 4.78 is 32.7. The molecule has 1 aromatic heterocycles. The van der Waals surface area contributed by atoms with Gasteiger partial charge >= 0.3 is 0 Å². The fraction of sp³-hybridized carbons (Fsp3) is 0.667. The Kier molecular flexibility index (Phi) is 3.92. The molecule has 2 aliphatic rings. The molecule has 7 heteroatoms. The molecule has 2 saturated heterocycles. The monoisotopic (exact) mass is 319 g/mol. The molecule has 1 spiro atoms. The van der Waals surface area contributed by atoms with Gasteiger partial charge in [-0.15, -0.1) is 11.3 Å². The van der Waals surface area contributed by atoms with E-state index < -0.39 is 10.0 Å². The third kappa shape index (κ3) is 2.71. The molecule has 4 nitrogen and oxygen atoms in total. The van der Waals surface area contributed by atoms with E-state index in [1.807, 2.05) is 17.1 Å². The minimum Gasteiger partial charge on any atom is -0.381 e. The first-order valence-corrected chi connectivity index (χ1v) is 9.68. The van der Waals surface area contributed by atoms with Crippen LogP contribution in [-0.2, 0) is 14.8 Å². The molecule has 0 atom stereocenters.